The summed E-state index contributed by atoms with van der Waals surface area (Å²) in [6.07, 6.45) is 3.75. The average molecular weight is 338 g/mol. The van der Waals surface area contributed by atoms with Crippen molar-refractivity contribution in [3.8, 4) is 0 Å². The molecule has 3 rings (SSSR count). The van der Waals surface area contributed by atoms with Crippen LogP contribution in [0.25, 0.3) is 4.96 Å². The molecule has 2 aromatic heterocycles. The number of aromatic nitrogens is 2. The molecule has 0 aromatic carbocycles. The van der Waals surface area contributed by atoms with Crippen LogP contribution >= 0.6 is 23.1 Å². The molecule has 1 fully saturated rings. The highest BCUT2D eigenvalue weighted by atomic mass is 32.2. The Labute approximate surface area is 136 Å². The Kier molecular flexibility index (Phi) is 4.80. The summed E-state index contributed by atoms with van der Waals surface area (Å²) in [5, 5.41) is 1.84. The average Bonchev–Trinajstić information content (AvgIpc) is 3.15. The van der Waals surface area contributed by atoms with Gasteiger partial charge in [0.25, 0.3) is 5.56 Å². The minimum Gasteiger partial charge on any atom is -0.338 e. The van der Waals surface area contributed by atoms with Crippen LogP contribution in [0.4, 0.5) is 0 Å². The third-order valence-corrected chi connectivity index (χ3v) is 5.51. The van der Waals surface area contributed by atoms with Gasteiger partial charge in [0.1, 0.15) is 0 Å². The molecule has 22 heavy (non-hydrogen) atoms. The zero-order valence-electron chi connectivity index (χ0n) is 12.1. The second-order valence-electron chi connectivity index (χ2n) is 5.25. The molecule has 0 radical (unpaired) electrons. The van der Waals surface area contributed by atoms with Crippen LogP contribution in [0.15, 0.2) is 22.4 Å². The Morgan fingerprint density at radius 2 is 2.41 bits per heavy atom. The first-order valence-corrected chi connectivity index (χ1v) is 9.25. The summed E-state index contributed by atoms with van der Waals surface area (Å²) in [7, 11) is 0. The summed E-state index contributed by atoms with van der Waals surface area (Å²) in [5.41, 5.74) is 6.35. The second-order valence-corrected chi connectivity index (χ2v) is 7.11. The lowest BCUT2D eigenvalue weighted by atomic mass is 10.2. The SMILES string of the molecule is NCC1CCCN1C(=O)CSCc1cc(=O)n2ccsc2n1. The smallest absolute Gasteiger partial charge is 0.258 e. The highest BCUT2D eigenvalue weighted by Crippen LogP contribution is 2.19. The number of amides is 1. The molecule has 0 aliphatic carbocycles. The van der Waals surface area contributed by atoms with Crippen molar-refractivity contribution in [1.29, 1.82) is 0 Å². The lowest BCUT2D eigenvalue weighted by Crippen LogP contribution is -2.40. The van der Waals surface area contributed by atoms with Crippen LogP contribution in [-0.2, 0) is 10.5 Å². The van der Waals surface area contributed by atoms with E-state index in [-0.39, 0.29) is 17.5 Å². The van der Waals surface area contributed by atoms with Gasteiger partial charge in [-0.2, -0.15) is 0 Å². The van der Waals surface area contributed by atoms with Crippen molar-refractivity contribution < 1.29 is 4.79 Å². The second kappa shape index (κ2) is 6.80. The summed E-state index contributed by atoms with van der Waals surface area (Å²) in [5.74, 6) is 1.10. The number of fused-ring (bicyclic) bond motifs is 1. The predicted octanol–water partition coefficient (Wildman–Crippen LogP) is 0.939. The lowest BCUT2D eigenvalue weighted by molar-refractivity contribution is -0.128. The molecular weight excluding hydrogens is 320 g/mol. The summed E-state index contributed by atoms with van der Waals surface area (Å²) in [6.45, 7) is 1.34. The summed E-state index contributed by atoms with van der Waals surface area (Å²) < 4.78 is 1.53. The largest absolute Gasteiger partial charge is 0.338 e. The number of likely N-dealkylation sites (tertiary alicyclic amines) is 1. The van der Waals surface area contributed by atoms with E-state index >= 15 is 0 Å². The van der Waals surface area contributed by atoms with Gasteiger partial charge in [0.2, 0.25) is 5.91 Å². The predicted molar refractivity (Wildman–Crippen MR) is 89.3 cm³/mol. The fourth-order valence-electron chi connectivity index (χ4n) is 2.70. The van der Waals surface area contributed by atoms with Crippen molar-refractivity contribution in [2.24, 2.45) is 5.73 Å². The van der Waals surface area contributed by atoms with Crippen molar-refractivity contribution in [1.82, 2.24) is 14.3 Å². The number of nitrogens with zero attached hydrogens (tertiary/aromatic N) is 3. The van der Waals surface area contributed by atoms with Crippen molar-refractivity contribution in [2.75, 3.05) is 18.8 Å². The molecule has 1 saturated heterocycles. The van der Waals surface area contributed by atoms with Gasteiger partial charge in [-0.3, -0.25) is 14.0 Å². The zero-order valence-corrected chi connectivity index (χ0v) is 13.7. The molecule has 2 N–H and O–H groups in total. The van der Waals surface area contributed by atoms with E-state index in [0.717, 1.165) is 25.1 Å². The molecule has 6 nitrogen and oxygen atoms in total. The molecule has 0 saturated carbocycles. The Morgan fingerprint density at radius 3 is 3.23 bits per heavy atom. The van der Waals surface area contributed by atoms with Gasteiger partial charge in [0.15, 0.2) is 4.96 Å². The molecule has 1 aliphatic heterocycles. The zero-order chi connectivity index (χ0) is 15.5. The third-order valence-electron chi connectivity index (χ3n) is 3.80. The van der Waals surface area contributed by atoms with E-state index in [1.807, 2.05) is 10.3 Å². The molecular formula is C14H18N4O2S2. The number of thiazole rings is 1. The third kappa shape index (κ3) is 3.18. The Bertz CT molecular complexity index is 727. The fourth-order valence-corrected chi connectivity index (χ4v) is 4.23. The lowest BCUT2D eigenvalue weighted by Gasteiger charge is -2.23. The Balaban J connectivity index is 1.58. The molecule has 1 amide bonds. The van der Waals surface area contributed by atoms with E-state index in [2.05, 4.69) is 4.98 Å². The number of carbonyl (C=O) groups is 1. The first-order chi connectivity index (χ1) is 10.7. The van der Waals surface area contributed by atoms with Crippen molar-refractivity contribution in [3.63, 3.8) is 0 Å². The van der Waals surface area contributed by atoms with Crippen LogP contribution in [-0.4, -0.2) is 45.1 Å². The number of carbonyl (C=O) groups excluding carboxylic acids is 1. The maximum atomic E-state index is 12.2. The van der Waals surface area contributed by atoms with E-state index in [1.165, 1.54) is 33.6 Å². The number of hydrogen-bond donors (Lipinski definition) is 1. The molecule has 1 unspecified atom stereocenters. The van der Waals surface area contributed by atoms with Crippen LogP contribution in [0.5, 0.6) is 0 Å². The maximum absolute atomic E-state index is 12.2. The molecule has 118 valence electrons. The molecule has 8 heteroatoms. The Hall–Kier alpha value is -1.38. The van der Waals surface area contributed by atoms with Gasteiger partial charge in [-0.1, -0.05) is 0 Å². The van der Waals surface area contributed by atoms with Crippen LogP contribution in [0, 0.1) is 0 Å². The molecule has 0 bridgehead atoms. The van der Waals surface area contributed by atoms with Crippen molar-refractivity contribution in [2.45, 2.75) is 24.6 Å². The molecule has 1 atom stereocenters. The molecule has 1 aliphatic rings. The van der Waals surface area contributed by atoms with Gasteiger partial charge in [-0.25, -0.2) is 4.98 Å². The highest BCUT2D eigenvalue weighted by Gasteiger charge is 2.27. The van der Waals surface area contributed by atoms with Crippen molar-refractivity contribution in [3.05, 3.63) is 33.7 Å². The van der Waals surface area contributed by atoms with Gasteiger partial charge in [0.05, 0.1) is 11.4 Å². The van der Waals surface area contributed by atoms with Crippen LogP contribution in [0.2, 0.25) is 0 Å². The van der Waals surface area contributed by atoms with E-state index in [1.54, 1.807) is 6.20 Å². The minimum absolute atomic E-state index is 0.0732. The van der Waals surface area contributed by atoms with Gasteiger partial charge in [-0.05, 0) is 12.8 Å². The monoisotopic (exact) mass is 338 g/mol. The minimum atomic E-state index is -0.0732. The summed E-state index contributed by atoms with van der Waals surface area (Å²) in [6, 6.07) is 1.73. The normalized spacial score (nSPS) is 18.2. The van der Waals surface area contributed by atoms with Crippen molar-refractivity contribution >= 4 is 34.0 Å². The van der Waals surface area contributed by atoms with Crippen LogP contribution in [0.1, 0.15) is 18.5 Å². The van der Waals surface area contributed by atoms with E-state index in [0.29, 0.717) is 23.0 Å². The van der Waals surface area contributed by atoms with E-state index < -0.39 is 0 Å². The van der Waals surface area contributed by atoms with Gasteiger partial charge >= 0.3 is 0 Å². The number of hydrogen-bond acceptors (Lipinski definition) is 6. The van der Waals surface area contributed by atoms with Crippen LogP contribution < -0.4 is 11.3 Å². The molecule has 0 spiro atoms. The first-order valence-electron chi connectivity index (χ1n) is 7.22. The number of rotatable bonds is 5. The fraction of sp³-hybridized carbons (Fsp3) is 0.500. The molecule has 3 heterocycles. The highest BCUT2D eigenvalue weighted by molar-refractivity contribution is 7.99. The standard InChI is InChI=1S/C14H18N4O2S2/c15-7-11-2-1-3-17(11)13(20)9-21-8-10-6-12(19)18-4-5-22-14(18)16-10/h4-6,11H,1-3,7-9,15H2. The number of thioether (sulfide) groups is 1. The van der Waals surface area contributed by atoms with Gasteiger partial charge < -0.3 is 10.6 Å². The molecule has 2 aromatic rings. The first kappa shape index (κ1) is 15.5. The van der Waals surface area contributed by atoms with E-state index in [9.17, 15) is 9.59 Å². The van der Waals surface area contributed by atoms with Crippen LogP contribution in [0.3, 0.4) is 0 Å². The van der Waals surface area contributed by atoms with Gasteiger partial charge in [0, 0.05) is 42.5 Å². The van der Waals surface area contributed by atoms with E-state index in [4.69, 9.17) is 5.73 Å². The topological polar surface area (TPSA) is 80.7 Å². The van der Waals surface area contributed by atoms with Gasteiger partial charge in [-0.15, -0.1) is 23.1 Å². The maximum Gasteiger partial charge on any atom is 0.258 e. The summed E-state index contributed by atoms with van der Waals surface area (Å²) >= 11 is 2.93. The Morgan fingerprint density at radius 1 is 1.55 bits per heavy atom. The number of nitrogens with two attached hydrogens (primary N) is 1. The summed E-state index contributed by atoms with van der Waals surface area (Å²) in [4.78, 5) is 31.1. The quantitative estimate of drug-likeness (QED) is 0.877.